The zero-order chi connectivity index (χ0) is 9.84. The minimum atomic E-state index is -0.845. The first-order chi connectivity index (χ1) is 6.16. The second-order valence-corrected chi connectivity index (χ2v) is 3.55. The zero-order valence-corrected chi connectivity index (χ0v) is 8.90. The van der Waals surface area contributed by atoms with Crippen LogP contribution >= 0.6 is 15.9 Å². The molecule has 0 bridgehead atoms. The van der Waals surface area contributed by atoms with E-state index in [1.807, 2.05) is 6.92 Å². The molecular formula is C9H12BrNO2. The number of nitrogens with zero attached hydrogens (tertiary/aromatic N) is 1. The average molecular weight is 246 g/mol. The second kappa shape index (κ2) is 4.69. The van der Waals surface area contributed by atoms with E-state index in [-0.39, 0.29) is 0 Å². The molecule has 2 atom stereocenters. The Morgan fingerprint density at radius 2 is 2.23 bits per heavy atom. The molecule has 2 N–H and O–H groups in total. The number of pyridine rings is 1. The van der Waals surface area contributed by atoms with E-state index in [4.69, 9.17) is 0 Å². The lowest BCUT2D eigenvalue weighted by Crippen LogP contribution is -2.20. The summed E-state index contributed by atoms with van der Waals surface area (Å²) in [7, 11) is 0. The highest BCUT2D eigenvalue weighted by Crippen LogP contribution is 2.20. The molecule has 0 fully saturated rings. The van der Waals surface area contributed by atoms with Gasteiger partial charge in [0, 0.05) is 17.7 Å². The van der Waals surface area contributed by atoms with Crippen LogP contribution in [0.4, 0.5) is 0 Å². The van der Waals surface area contributed by atoms with E-state index in [0.29, 0.717) is 5.33 Å². The van der Waals surface area contributed by atoms with Crippen molar-refractivity contribution in [3.8, 4) is 0 Å². The summed E-state index contributed by atoms with van der Waals surface area (Å²) in [6, 6.07) is 1.71. The molecule has 0 saturated heterocycles. The molecule has 72 valence electrons. The number of aryl methyl sites for hydroxylation is 1. The standard InChI is InChI=1S/C9H12BrNO2/c1-6-5-11-3-2-7(6)9(13)8(12)4-10/h2-3,5,8-9,12-13H,4H2,1H3. The molecule has 0 radical (unpaired) electrons. The van der Waals surface area contributed by atoms with Crippen LogP contribution in [0.2, 0.25) is 0 Å². The summed E-state index contributed by atoms with van der Waals surface area (Å²) >= 11 is 3.11. The van der Waals surface area contributed by atoms with Gasteiger partial charge < -0.3 is 10.2 Å². The fourth-order valence-corrected chi connectivity index (χ4v) is 1.46. The Bertz CT molecular complexity index is 280. The van der Waals surface area contributed by atoms with Crippen molar-refractivity contribution in [1.82, 2.24) is 4.98 Å². The Morgan fingerprint density at radius 1 is 1.54 bits per heavy atom. The van der Waals surface area contributed by atoms with Crippen LogP contribution in [0.5, 0.6) is 0 Å². The summed E-state index contributed by atoms with van der Waals surface area (Å²) < 4.78 is 0. The van der Waals surface area contributed by atoms with Gasteiger partial charge in [-0.3, -0.25) is 4.98 Å². The van der Waals surface area contributed by atoms with Crippen LogP contribution < -0.4 is 0 Å². The lowest BCUT2D eigenvalue weighted by molar-refractivity contribution is 0.0338. The highest BCUT2D eigenvalue weighted by Gasteiger charge is 2.18. The van der Waals surface area contributed by atoms with Gasteiger partial charge in [-0.15, -0.1) is 0 Å². The molecule has 1 aromatic heterocycles. The number of halogens is 1. The van der Waals surface area contributed by atoms with Crippen molar-refractivity contribution in [2.45, 2.75) is 19.1 Å². The van der Waals surface area contributed by atoms with Gasteiger partial charge in [0.15, 0.2) is 0 Å². The van der Waals surface area contributed by atoms with E-state index >= 15 is 0 Å². The minimum absolute atomic E-state index is 0.357. The molecule has 0 aromatic carbocycles. The maximum absolute atomic E-state index is 9.66. The van der Waals surface area contributed by atoms with Crippen LogP contribution in [0.15, 0.2) is 18.5 Å². The molecule has 0 saturated carbocycles. The quantitative estimate of drug-likeness (QED) is 0.787. The third-order valence-corrected chi connectivity index (χ3v) is 2.57. The summed E-state index contributed by atoms with van der Waals surface area (Å²) in [5, 5.41) is 19.4. The number of aliphatic hydroxyl groups excluding tert-OH is 2. The van der Waals surface area contributed by atoms with Crippen molar-refractivity contribution in [3.63, 3.8) is 0 Å². The molecule has 0 aliphatic rings. The largest absolute Gasteiger partial charge is 0.389 e. The third kappa shape index (κ3) is 2.49. The van der Waals surface area contributed by atoms with Crippen LogP contribution in [-0.2, 0) is 0 Å². The van der Waals surface area contributed by atoms with Crippen molar-refractivity contribution < 1.29 is 10.2 Å². The summed E-state index contributed by atoms with van der Waals surface area (Å²) in [4.78, 5) is 3.91. The highest BCUT2D eigenvalue weighted by molar-refractivity contribution is 9.09. The lowest BCUT2D eigenvalue weighted by atomic mass is 10.0. The molecule has 0 aliphatic heterocycles. The van der Waals surface area contributed by atoms with Crippen molar-refractivity contribution >= 4 is 15.9 Å². The summed E-state index contributed by atoms with van der Waals surface area (Å²) in [6.45, 7) is 1.85. The molecule has 0 amide bonds. The summed E-state index contributed by atoms with van der Waals surface area (Å²) in [5.41, 5.74) is 1.61. The molecule has 1 aromatic rings. The number of hydrogen-bond donors (Lipinski definition) is 2. The first-order valence-corrected chi connectivity index (χ1v) is 5.11. The zero-order valence-electron chi connectivity index (χ0n) is 7.31. The van der Waals surface area contributed by atoms with Gasteiger partial charge in [0.2, 0.25) is 0 Å². The van der Waals surface area contributed by atoms with E-state index in [1.165, 1.54) is 0 Å². The molecule has 0 spiro atoms. The van der Waals surface area contributed by atoms with Crippen molar-refractivity contribution in [2.75, 3.05) is 5.33 Å². The number of alkyl halides is 1. The van der Waals surface area contributed by atoms with Crippen molar-refractivity contribution in [2.24, 2.45) is 0 Å². The molecule has 1 rings (SSSR count). The molecule has 1 heterocycles. The SMILES string of the molecule is Cc1cnccc1C(O)C(O)CBr. The molecule has 13 heavy (non-hydrogen) atoms. The van der Waals surface area contributed by atoms with Crippen LogP contribution in [0, 0.1) is 6.92 Å². The Morgan fingerprint density at radius 3 is 2.77 bits per heavy atom. The average Bonchev–Trinajstić information content (AvgIpc) is 2.16. The molecule has 4 heteroatoms. The highest BCUT2D eigenvalue weighted by atomic mass is 79.9. The van der Waals surface area contributed by atoms with Gasteiger partial charge >= 0.3 is 0 Å². The Balaban J connectivity index is 2.88. The van der Waals surface area contributed by atoms with E-state index in [9.17, 15) is 10.2 Å². The van der Waals surface area contributed by atoms with Gasteiger partial charge in [0.1, 0.15) is 6.10 Å². The third-order valence-electron chi connectivity index (χ3n) is 1.90. The van der Waals surface area contributed by atoms with Crippen LogP contribution in [0.3, 0.4) is 0 Å². The maximum atomic E-state index is 9.66. The monoisotopic (exact) mass is 245 g/mol. The predicted molar refractivity (Wildman–Crippen MR) is 53.7 cm³/mol. The maximum Gasteiger partial charge on any atom is 0.106 e. The fourth-order valence-electron chi connectivity index (χ4n) is 1.11. The van der Waals surface area contributed by atoms with Crippen molar-refractivity contribution in [1.29, 1.82) is 0 Å². The topological polar surface area (TPSA) is 53.4 Å². The second-order valence-electron chi connectivity index (χ2n) is 2.90. The fraction of sp³-hybridized carbons (Fsp3) is 0.444. The number of aromatic nitrogens is 1. The minimum Gasteiger partial charge on any atom is -0.389 e. The smallest absolute Gasteiger partial charge is 0.106 e. The van der Waals surface area contributed by atoms with Gasteiger partial charge in [0.05, 0.1) is 6.10 Å². The normalized spacial score (nSPS) is 15.4. The Kier molecular flexibility index (Phi) is 3.84. The van der Waals surface area contributed by atoms with E-state index < -0.39 is 12.2 Å². The summed E-state index contributed by atoms with van der Waals surface area (Å²) in [5.74, 6) is 0. The van der Waals surface area contributed by atoms with Crippen LogP contribution in [0.1, 0.15) is 17.2 Å². The van der Waals surface area contributed by atoms with Crippen molar-refractivity contribution in [3.05, 3.63) is 29.6 Å². The first-order valence-electron chi connectivity index (χ1n) is 3.99. The van der Waals surface area contributed by atoms with Crippen LogP contribution in [-0.4, -0.2) is 26.6 Å². The number of hydrogen-bond acceptors (Lipinski definition) is 3. The van der Waals surface area contributed by atoms with Crippen LogP contribution in [0.25, 0.3) is 0 Å². The number of aliphatic hydroxyl groups is 2. The predicted octanol–water partition coefficient (Wildman–Crippen LogP) is 1.18. The number of rotatable bonds is 3. The molecule has 0 aliphatic carbocycles. The summed E-state index contributed by atoms with van der Waals surface area (Å²) in [6.07, 6.45) is 1.65. The molecule has 2 unspecified atom stereocenters. The van der Waals surface area contributed by atoms with Gasteiger partial charge in [-0.1, -0.05) is 15.9 Å². The Hall–Kier alpha value is -0.450. The Labute approximate surface area is 85.6 Å². The molecule has 3 nitrogen and oxygen atoms in total. The van der Waals surface area contributed by atoms with Gasteiger partial charge in [-0.05, 0) is 24.1 Å². The van der Waals surface area contributed by atoms with E-state index in [1.54, 1.807) is 18.5 Å². The first kappa shape index (κ1) is 10.6. The van der Waals surface area contributed by atoms with E-state index in [2.05, 4.69) is 20.9 Å². The van der Waals surface area contributed by atoms with Gasteiger partial charge in [0.25, 0.3) is 0 Å². The van der Waals surface area contributed by atoms with Gasteiger partial charge in [-0.25, -0.2) is 0 Å². The molecular weight excluding hydrogens is 234 g/mol. The van der Waals surface area contributed by atoms with Gasteiger partial charge in [-0.2, -0.15) is 0 Å². The lowest BCUT2D eigenvalue weighted by Gasteiger charge is -2.17. The van der Waals surface area contributed by atoms with E-state index in [0.717, 1.165) is 11.1 Å².